The largest absolute Gasteiger partial charge is 0.383 e. The van der Waals surface area contributed by atoms with E-state index >= 15 is 0 Å². The Hall–Kier alpha value is -0.740. The van der Waals surface area contributed by atoms with Crippen molar-refractivity contribution in [3.63, 3.8) is 0 Å². The van der Waals surface area contributed by atoms with Gasteiger partial charge in [0.1, 0.15) is 0 Å². The molecule has 8 nitrogen and oxygen atoms in total. The Labute approximate surface area is 114 Å². The second-order valence-electron chi connectivity index (χ2n) is 4.28. The van der Waals surface area contributed by atoms with Crippen molar-refractivity contribution in [2.24, 2.45) is 0 Å². The number of methoxy groups -OCH3 is 1. The van der Waals surface area contributed by atoms with Crippen molar-refractivity contribution >= 4 is 16.1 Å². The minimum atomic E-state index is -3.61. The Morgan fingerprint density at radius 3 is 2.63 bits per heavy atom. The first-order valence-corrected chi connectivity index (χ1v) is 7.66. The molecule has 0 bridgehead atoms. The van der Waals surface area contributed by atoms with E-state index in [4.69, 9.17) is 4.74 Å². The summed E-state index contributed by atoms with van der Waals surface area (Å²) in [7, 11) is -2.08. The van der Waals surface area contributed by atoms with Crippen molar-refractivity contribution < 1.29 is 17.9 Å². The van der Waals surface area contributed by atoms with E-state index in [0.29, 0.717) is 39.3 Å². The van der Waals surface area contributed by atoms with Crippen LogP contribution in [0.1, 0.15) is 6.92 Å². The number of nitrogens with zero attached hydrogens (tertiary/aromatic N) is 1. The molecule has 0 aromatic heterocycles. The minimum absolute atomic E-state index is 0.356. The Balaban J connectivity index is 2.45. The topological polar surface area (TPSA) is 99.8 Å². The molecule has 1 amide bonds. The van der Waals surface area contributed by atoms with Gasteiger partial charge in [0.25, 0.3) is 10.2 Å². The van der Waals surface area contributed by atoms with Crippen LogP contribution in [0.25, 0.3) is 0 Å². The van der Waals surface area contributed by atoms with Gasteiger partial charge < -0.3 is 15.4 Å². The van der Waals surface area contributed by atoms with Crippen LogP contribution < -0.4 is 15.4 Å². The zero-order chi connectivity index (χ0) is 14.3. The highest BCUT2D eigenvalue weighted by atomic mass is 32.2. The maximum absolute atomic E-state index is 12.0. The molecule has 112 valence electrons. The van der Waals surface area contributed by atoms with E-state index in [1.165, 1.54) is 18.3 Å². The second kappa shape index (κ2) is 7.75. The summed E-state index contributed by atoms with van der Waals surface area (Å²) in [6, 6.07) is -0.809. The van der Waals surface area contributed by atoms with E-state index in [1.54, 1.807) is 0 Å². The molecule has 9 heteroatoms. The van der Waals surface area contributed by atoms with Gasteiger partial charge in [0, 0.05) is 39.8 Å². The monoisotopic (exact) mass is 294 g/mol. The maximum atomic E-state index is 12.0. The van der Waals surface area contributed by atoms with E-state index in [-0.39, 0.29) is 5.91 Å². The third-order valence-electron chi connectivity index (χ3n) is 2.74. The molecule has 1 unspecified atom stereocenters. The summed E-state index contributed by atoms with van der Waals surface area (Å²) in [5, 5.41) is 5.66. The van der Waals surface area contributed by atoms with Crippen LogP contribution in [0.2, 0.25) is 0 Å². The van der Waals surface area contributed by atoms with Crippen LogP contribution in [0, 0.1) is 0 Å². The van der Waals surface area contributed by atoms with Crippen molar-refractivity contribution in [1.82, 2.24) is 19.7 Å². The fraction of sp³-hybridized carbons (Fsp3) is 0.900. The van der Waals surface area contributed by atoms with E-state index < -0.39 is 16.3 Å². The number of carbonyl (C=O) groups is 1. The highest BCUT2D eigenvalue weighted by molar-refractivity contribution is 7.87. The molecule has 19 heavy (non-hydrogen) atoms. The van der Waals surface area contributed by atoms with Gasteiger partial charge >= 0.3 is 0 Å². The van der Waals surface area contributed by atoms with Crippen LogP contribution in [-0.4, -0.2) is 71.1 Å². The molecule has 1 saturated heterocycles. The number of ether oxygens (including phenoxy) is 1. The number of carbonyl (C=O) groups excluding carboxylic acids is 1. The van der Waals surface area contributed by atoms with E-state index in [2.05, 4.69) is 15.4 Å². The van der Waals surface area contributed by atoms with Crippen molar-refractivity contribution in [3.05, 3.63) is 0 Å². The molecule has 0 saturated carbocycles. The zero-order valence-corrected chi connectivity index (χ0v) is 12.1. The van der Waals surface area contributed by atoms with Crippen LogP contribution in [0.3, 0.4) is 0 Å². The van der Waals surface area contributed by atoms with E-state index in [1.807, 2.05) is 0 Å². The maximum Gasteiger partial charge on any atom is 0.280 e. The Morgan fingerprint density at radius 2 is 2.05 bits per heavy atom. The normalized spacial score (nSPS) is 19.1. The van der Waals surface area contributed by atoms with Gasteiger partial charge in [0.2, 0.25) is 5.91 Å². The zero-order valence-electron chi connectivity index (χ0n) is 11.3. The lowest BCUT2D eigenvalue weighted by Gasteiger charge is -2.27. The van der Waals surface area contributed by atoms with Gasteiger partial charge in [-0.1, -0.05) is 0 Å². The minimum Gasteiger partial charge on any atom is -0.383 e. The van der Waals surface area contributed by atoms with Crippen molar-refractivity contribution in [2.75, 3.05) is 46.4 Å². The van der Waals surface area contributed by atoms with Gasteiger partial charge in [-0.2, -0.15) is 17.4 Å². The number of rotatable bonds is 7. The van der Waals surface area contributed by atoms with Crippen molar-refractivity contribution in [2.45, 2.75) is 13.0 Å². The molecular weight excluding hydrogens is 272 g/mol. The summed E-state index contributed by atoms with van der Waals surface area (Å²) in [5.41, 5.74) is 0. The molecular formula is C10H22N4O4S. The van der Waals surface area contributed by atoms with Gasteiger partial charge in [-0.3, -0.25) is 4.79 Å². The molecule has 1 aliphatic heterocycles. The third-order valence-corrected chi connectivity index (χ3v) is 4.44. The van der Waals surface area contributed by atoms with Gasteiger partial charge in [0.15, 0.2) is 0 Å². The summed E-state index contributed by atoms with van der Waals surface area (Å²) in [6.07, 6.45) is 0. The van der Waals surface area contributed by atoms with Crippen molar-refractivity contribution in [1.29, 1.82) is 0 Å². The second-order valence-corrected chi connectivity index (χ2v) is 5.98. The molecule has 0 spiro atoms. The number of hydrogen-bond acceptors (Lipinski definition) is 5. The summed E-state index contributed by atoms with van der Waals surface area (Å²) in [6.45, 7) is 4.32. The highest BCUT2D eigenvalue weighted by Crippen LogP contribution is 2.01. The predicted molar refractivity (Wildman–Crippen MR) is 70.8 cm³/mol. The fourth-order valence-electron chi connectivity index (χ4n) is 1.67. The van der Waals surface area contributed by atoms with E-state index in [0.717, 1.165) is 0 Å². The number of amides is 1. The van der Waals surface area contributed by atoms with Crippen molar-refractivity contribution in [3.8, 4) is 0 Å². The first-order chi connectivity index (χ1) is 8.97. The molecule has 1 atom stereocenters. The average Bonchev–Trinajstić information content (AvgIpc) is 2.39. The van der Waals surface area contributed by atoms with Crippen LogP contribution in [0.4, 0.5) is 0 Å². The Kier molecular flexibility index (Phi) is 6.66. The number of nitrogens with one attached hydrogen (secondary N) is 3. The van der Waals surface area contributed by atoms with Crippen LogP contribution in [0.5, 0.6) is 0 Å². The summed E-state index contributed by atoms with van der Waals surface area (Å²) >= 11 is 0. The predicted octanol–water partition coefficient (Wildman–Crippen LogP) is -2.12. The van der Waals surface area contributed by atoms with Crippen LogP contribution >= 0.6 is 0 Å². The molecule has 1 aliphatic rings. The molecule has 0 aliphatic carbocycles. The first-order valence-electron chi connectivity index (χ1n) is 6.22. The lowest BCUT2D eigenvalue weighted by atomic mass is 10.3. The molecule has 0 aromatic carbocycles. The average molecular weight is 294 g/mol. The van der Waals surface area contributed by atoms with Crippen LogP contribution in [-0.2, 0) is 19.7 Å². The van der Waals surface area contributed by atoms with E-state index in [9.17, 15) is 13.2 Å². The first kappa shape index (κ1) is 16.3. The molecule has 3 N–H and O–H groups in total. The molecule has 0 aromatic rings. The summed E-state index contributed by atoms with van der Waals surface area (Å²) in [5.74, 6) is -0.365. The highest BCUT2D eigenvalue weighted by Gasteiger charge is 2.27. The van der Waals surface area contributed by atoms with Gasteiger partial charge in [0.05, 0.1) is 12.6 Å². The number of hydrogen-bond donors (Lipinski definition) is 3. The lowest BCUT2D eigenvalue weighted by Crippen LogP contribution is -2.54. The molecule has 0 radical (unpaired) electrons. The van der Waals surface area contributed by atoms with Gasteiger partial charge in [-0.25, -0.2) is 0 Å². The Bertz CT molecular complexity index is 381. The number of piperazine rings is 1. The summed E-state index contributed by atoms with van der Waals surface area (Å²) < 4.78 is 32.5. The summed E-state index contributed by atoms with van der Waals surface area (Å²) in [4.78, 5) is 11.7. The van der Waals surface area contributed by atoms with Gasteiger partial charge in [-0.05, 0) is 6.92 Å². The lowest BCUT2D eigenvalue weighted by molar-refractivity contribution is -0.122. The van der Waals surface area contributed by atoms with Gasteiger partial charge in [-0.15, -0.1) is 0 Å². The molecule has 1 heterocycles. The smallest absolute Gasteiger partial charge is 0.280 e. The molecule has 1 rings (SSSR count). The Morgan fingerprint density at radius 1 is 1.42 bits per heavy atom. The third kappa shape index (κ3) is 5.41. The van der Waals surface area contributed by atoms with Crippen LogP contribution in [0.15, 0.2) is 0 Å². The standard InChI is InChI=1S/C10H22N4O4S/c1-9(10(15)12-5-8-18-2)13-19(16,17)14-6-3-11-4-7-14/h9,11,13H,3-8H2,1-2H3,(H,12,15). The fourth-order valence-corrected chi connectivity index (χ4v) is 3.03. The quantitative estimate of drug-likeness (QED) is 0.466. The SMILES string of the molecule is COCCNC(=O)C(C)NS(=O)(=O)N1CCNCC1. The molecule has 1 fully saturated rings.